The number of hydrogen-bond acceptors (Lipinski definition) is 6. The van der Waals surface area contributed by atoms with Crippen molar-refractivity contribution in [2.45, 2.75) is 66.0 Å². The summed E-state index contributed by atoms with van der Waals surface area (Å²) in [7, 11) is 0. The van der Waals surface area contributed by atoms with Gasteiger partial charge in [0, 0.05) is 35.1 Å². The molecule has 0 amide bonds. The van der Waals surface area contributed by atoms with Gasteiger partial charge in [-0.1, -0.05) is 57.5 Å². The summed E-state index contributed by atoms with van der Waals surface area (Å²) in [6.45, 7) is 8.60. The molecule has 3 aromatic heterocycles. The lowest BCUT2D eigenvalue weighted by atomic mass is 9.63. The quantitative estimate of drug-likeness (QED) is 0.329. The summed E-state index contributed by atoms with van der Waals surface area (Å²) < 4.78 is 3.72. The van der Waals surface area contributed by atoms with Gasteiger partial charge in [-0.2, -0.15) is 5.21 Å². The number of pyridine rings is 1. The highest BCUT2D eigenvalue weighted by Gasteiger charge is 2.46. The molecular formula is C29H35N7O2. The minimum atomic E-state index is -0.0878. The summed E-state index contributed by atoms with van der Waals surface area (Å²) >= 11 is 0. The Labute approximate surface area is 222 Å². The van der Waals surface area contributed by atoms with E-state index >= 15 is 0 Å². The van der Waals surface area contributed by atoms with Crippen molar-refractivity contribution in [1.82, 2.24) is 34.7 Å². The number of hydrogen-bond donors (Lipinski definition) is 1. The molecule has 0 radical (unpaired) electrons. The van der Waals surface area contributed by atoms with Crippen molar-refractivity contribution >= 4 is 5.78 Å². The van der Waals surface area contributed by atoms with Crippen LogP contribution >= 0.6 is 0 Å². The van der Waals surface area contributed by atoms with E-state index in [2.05, 4.69) is 41.4 Å². The first-order chi connectivity index (χ1) is 18.4. The van der Waals surface area contributed by atoms with Crippen molar-refractivity contribution in [1.29, 1.82) is 0 Å². The molecule has 198 valence electrons. The number of nitrogens with one attached hydrogen (secondary N) is 1. The number of benzene rings is 1. The molecule has 1 saturated carbocycles. The molecule has 1 N–H and O–H groups in total. The van der Waals surface area contributed by atoms with E-state index < -0.39 is 0 Å². The largest absolute Gasteiger partial charge is 0.328 e. The van der Waals surface area contributed by atoms with E-state index in [9.17, 15) is 9.59 Å². The Kier molecular flexibility index (Phi) is 7.35. The van der Waals surface area contributed by atoms with Crippen molar-refractivity contribution in [3.8, 4) is 22.6 Å². The third kappa shape index (κ3) is 4.85. The van der Waals surface area contributed by atoms with Crippen molar-refractivity contribution in [2.24, 2.45) is 17.8 Å². The molecule has 3 unspecified atom stereocenters. The Morgan fingerprint density at radius 2 is 1.95 bits per heavy atom. The number of aromatic nitrogens is 7. The highest BCUT2D eigenvalue weighted by atomic mass is 16.2. The Bertz CT molecular complexity index is 1450. The van der Waals surface area contributed by atoms with Gasteiger partial charge in [-0.15, -0.1) is 10.2 Å². The number of nitrogens with zero attached hydrogens (tertiary/aromatic N) is 6. The second-order valence-corrected chi connectivity index (χ2v) is 10.7. The van der Waals surface area contributed by atoms with Crippen LogP contribution in [0.4, 0.5) is 0 Å². The van der Waals surface area contributed by atoms with Crippen LogP contribution < -0.4 is 5.69 Å². The summed E-state index contributed by atoms with van der Waals surface area (Å²) in [4.78, 5) is 30.8. The zero-order valence-electron chi connectivity index (χ0n) is 22.5. The molecule has 1 aliphatic carbocycles. The minimum absolute atomic E-state index is 0.0377. The summed E-state index contributed by atoms with van der Waals surface area (Å²) in [5.41, 5.74) is 4.47. The molecule has 1 aromatic carbocycles. The standard InChI is InChI=1S/C29H35N7O2/c1-5-6-9-21-17-36(27-24(18(2)3)14-25(27)19(4)37)29(38)35(21)16-20-12-13-26(30-15-20)22-10-7-8-11-23(22)28-31-33-34-32-28/h7-8,10-13,15,17-18,24-25,27H,5-6,9,14,16H2,1-4H3,(H,31,32,33,34). The number of ketones is 1. The van der Waals surface area contributed by atoms with Crippen LogP contribution in [0.15, 0.2) is 53.6 Å². The second kappa shape index (κ2) is 10.8. The average molecular weight is 514 g/mol. The maximum absolute atomic E-state index is 13.8. The molecule has 5 rings (SSSR count). The van der Waals surface area contributed by atoms with Crippen molar-refractivity contribution in [3.05, 3.63) is 70.5 Å². The van der Waals surface area contributed by atoms with Gasteiger partial charge in [0.25, 0.3) is 0 Å². The number of H-pyrrole nitrogens is 1. The van der Waals surface area contributed by atoms with E-state index in [4.69, 9.17) is 4.98 Å². The molecule has 0 bridgehead atoms. The number of carbonyl (C=O) groups is 1. The van der Waals surface area contributed by atoms with Gasteiger partial charge in [0.15, 0.2) is 0 Å². The van der Waals surface area contributed by atoms with Crippen LogP contribution in [0.1, 0.15) is 64.3 Å². The fraction of sp³-hybridized carbons (Fsp3) is 0.448. The maximum Gasteiger partial charge on any atom is 0.328 e. The molecule has 0 spiro atoms. The highest BCUT2D eigenvalue weighted by molar-refractivity contribution is 5.80. The van der Waals surface area contributed by atoms with E-state index in [-0.39, 0.29) is 23.4 Å². The first-order valence-corrected chi connectivity index (χ1v) is 13.5. The Balaban J connectivity index is 1.46. The van der Waals surface area contributed by atoms with E-state index in [1.165, 1.54) is 0 Å². The summed E-state index contributed by atoms with van der Waals surface area (Å²) in [5, 5.41) is 14.4. The third-order valence-corrected chi connectivity index (χ3v) is 7.90. The molecule has 38 heavy (non-hydrogen) atoms. The van der Waals surface area contributed by atoms with E-state index in [1.54, 1.807) is 6.92 Å². The lowest BCUT2D eigenvalue weighted by molar-refractivity contribution is -0.129. The normalized spacial score (nSPS) is 19.0. The van der Waals surface area contributed by atoms with Crippen molar-refractivity contribution in [3.63, 3.8) is 0 Å². The monoisotopic (exact) mass is 513 g/mol. The number of tetrazole rings is 1. The molecule has 3 atom stereocenters. The number of imidazole rings is 1. The van der Waals surface area contributed by atoms with Gasteiger partial charge in [-0.05, 0) is 54.9 Å². The van der Waals surface area contributed by atoms with Gasteiger partial charge in [0.05, 0.1) is 18.3 Å². The maximum atomic E-state index is 13.8. The number of carbonyl (C=O) groups excluding carboxylic acids is 1. The Morgan fingerprint density at radius 1 is 1.16 bits per heavy atom. The molecule has 9 heteroatoms. The molecule has 3 heterocycles. The topological polar surface area (TPSA) is 111 Å². The zero-order valence-corrected chi connectivity index (χ0v) is 22.5. The third-order valence-electron chi connectivity index (χ3n) is 7.90. The van der Waals surface area contributed by atoms with Gasteiger partial charge >= 0.3 is 5.69 Å². The molecule has 1 aliphatic rings. The molecular weight excluding hydrogens is 478 g/mol. The van der Waals surface area contributed by atoms with Gasteiger partial charge < -0.3 is 0 Å². The van der Waals surface area contributed by atoms with Crippen LogP contribution in [-0.4, -0.2) is 40.5 Å². The average Bonchev–Trinajstić information content (AvgIpc) is 3.52. The van der Waals surface area contributed by atoms with Gasteiger partial charge in [0.2, 0.25) is 5.82 Å². The van der Waals surface area contributed by atoms with Crippen LogP contribution in [-0.2, 0) is 17.8 Å². The first kappa shape index (κ1) is 25.8. The Hall–Kier alpha value is -3.88. The number of rotatable bonds is 10. The minimum Gasteiger partial charge on any atom is -0.300 e. The SMILES string of the molecule is CCCCc1cn(C2C(C(C)=O)CC2C(C)C)c(=O)n1Cc1ccc(-c2ccccc2-c2nn[nH]n2)nc1. The number of unbranched alkanes of at least 4 members (excludes halogenated alkanes) is 1. The number of aryl methyl sites for hydroxylation is 1. The predicted molar refractivity (Wildman–Crippen MR) is 145 cm³/mol. The first-order valence-electron chi connectivity index (χ1n) is 13.5. The van der Waals surface area contributed by atoms with Crippen LogP contribution in [0.25, 0.3) is 22.6 Å². The van der Waals surface area contributed by atoms with Crippen LogP contribution in [0.3, 0.4) is 0 Å². The fourth-order valence-corrected chi connectivity index (χ4v) is 5.67. The van der Waals surface area contributed by atoms with E-state index in [0.29, 0.717) is 24.2 Å². The fourth-order valence-electron chi connectivity index (χ4n) is 5.67. The van der Waals surface area contributed by atoms with Crippen molar-refractivity contribution in [2.75, 3.05) is 0 Å². The van der Waals surface area contributed by atoms with Gasteiger partial charge in [0.1, 0.15) is 5.78 Å². The van der Waals surface area contributed by atoms with Crippen LogP contribution in [0.5, 0.6) is 0 Å². The molecule has 4 aromatic rings. The predicted octanol–water partition coefficient (Wildman–Crippen LogP) is 4.71. The molecule has 1 fully saturated rings. The zero-order chi connectivity index (χ0) is 26.8. The smallest absolute Gasteiger partial charge is 0.300 e. The molecule has 0 aliphatic heterocycles. The lowest BCUT2D eigenvalue weighted by Crippen LogP contribution is -2.47. The summed E-state index contributed by atoms with van der Waals surface area (Å²) in [5.74, 6) is 1.34. The molecule has 9 nitrogen and oxygen atoms in total. The lowest BCUT2D eigenvalue weighted by Gasteiger charge is -2.46. The van der Waals surface area contributed by atoms with E-state index in [0.717, 1.165) is 53.8 Å². The van der Waals surface area contributed by atoms with Crippen LogP contribution in [0, 0.1) is 17.8 Å². The van der Waals surface area contributed by atoms with Gasteiger partial charge in [-0.25, -0.2) is 4.79 Å². The Morgan fingerprint density at radius 3 is 2.58 bits per heavy atom. The second-order valence-electron chi connectivity index (χ2n) is 10.7. The van der Waals surface area contributed by atoms with E-state index in [1.807, 2.05) is 57.9 Å². The van der Waals surface area contributed by atoms with Crippen molar-refractivity contribution < 1.29 is 4.79 Å². The number of Topliss-reactive ketones (excluding diaryl/α,β-unsaturated/α-hetero) is 1. The summed E-state index contributed by atoms with van der Waals surface area (Å²) in [6, 6.07) is 11.7. The highest BCUT2D eigenvalue weighted by Crippen LogP contribution is 2.48. The van der Waals surface area contributed by atoms with Crippen LogP contribution in [0.2, 0.25) is 0 Å². The van der Waals surface area contributed by atoms with Gasteiger partial charge in [-0.3, -0.25) is 18.9 Å². The molecule has 0 saturated heterocycles. The number of aromatic amines is 1. The summed E-state index contributed by atoms with van der Waals surface area (Å²) in [6.07, 6.45) is 7.57.